The van der Waals surface area contributed by atoms with Gasteiger partial charge < -0.3 is 10.4 Å². The van der Waals surface area contributed by atoms with Crippen LogP contribution in [-0.2, 0) is 12.8 Å². The topological polar surface area (TPSA) is 75.1 Å². The summed E-state index contributed by atoms with van der Waals surface area (Å²) in [6.45, 7) is -0.110. The Morgan fingerprint density at radius 2 is 1.94 bits per heavy atom. The molecule has 0 radical (unpaired) electrons. The fraction of sp³-hybridized carbons (Fsp3) is 0.423. The number of benzene rings is 2. The molecule has 1 amide bonds. The highest BCUT2D eigenvalue weighted by atomic mass is 16.3. The van der Waals surface area contributed by atoms with E-state index < -0.39 is 0 Å². The summed E-state index contributed by atoms with van der Waals surface area (Å²) in [5.41, 5.74) is 2.42. The number of amides is 1. The lowest BCUT2D eigenvalue weighted by Gasteiger charge is -2.16. The number of fused-ring (bicyclic) bond motifs is 1. The van der Waals surface area contributed by atoms with Gasteiger partial charge in [0.25, 0.3) is 5.91 Å². The molecular formula is C26H31N3O2. The highest BCUT2D eigenvalue weighted by molar-refractivity contribution is 5.97. The number of carbonyl (C=O) groups is 1. The van der Waals surface area contributed by atoms with Crippen LogP contribution in [0.5, 0.6) is 0 Å². The summed E-state index contributed by atoms with van der Waals surface area (Å²) in [5, 5.41) is 13.6. The second kappa shape index (κ2) is 10.5. The summed E-state index contributed by atoms with van der Waals surface area (Å²) in [6, 6.07) is 15.0. The van der Waals surface area contributed by atoms with E-state index in [0.29, 0.717) is 12.0 Å². The first-order chi connectivity index (χ1) is 15.2. The maximum Gasteiger partial charge on any atom is 0.251 e. The van der Waals surface area contributed by atoms with Crippen molar-refractivity contribution in [2.45, 2.75) is 57.4 Å². The van der Waals surface area contributed by atoms with Crippen LogP contribution in [-0.4, -0.2) is 33.6 Å². The predicted molar refractivity (Wildman–Crippen MR) is 123 cm³/mol. The van der Waals surface area contributed by atoms with Crippen molar-refractivity contribution in [2.24, 2.45) is 5.92 Å². The lowest BCUT2D eigenvalue weighted by molar-refractivity contribution is 0.0916. The molecular weight excluding hydrogens is 386 g/mol. The summed E-state index contributed by atoms with van der Waals surface area (Å²) >= 11 is 0. The molecule has 0 bridgehead atoms. The largest absolute Gasteiger partial charge is 0.394 e. The van der Waals surface area contributed by atoms with Crippen molar-refractivity contribution in [1.29, 1.82) is 0 Å². The molecule has 4 rings (SSSR count). The molecule has 1 aromatic heterocycles. The molecule has 0 spiro atoms. The van der Waals surface area contributed by atoms with E-state index in [1.165, 1.54) is 32.1 Å². The van der Waals surface area contributed by atoms with Crippen LogP contribution in [0.4, 0.5) is 0 Å². The molecule has 1 aliphatic rings. The SMILES string of the molecule is O=C(N[C@H](CO)Cc1ccccc1)c1ccc2cnc(CCCC3CCCC3)nc2c1. The molecule has 1 fully saturated rings. The number of carbonyl (C=O) groups excluding carboxylic acids is 1. The number of nitrogens with one attached hydrogen (secondary N) is 1. The monoisotopic (exact) mass is 417 g/mol. The third-order valence-corrected chi connectivity index (χ3v) is 6.26. The van der Waals surface area contributed by atoms with Crippen LogP contribution in [0, 0.1) is 5.92 Å². The number of hydrogen-bond donors (Lipinski definition) is 2. The molecule has 2 aromatic carbocycles. The van der Waals surface area contributed by atoms with Gasteiger partial charge in [-0.15, -0.1) is 0 Å². The van der Waals surface area contributed by atoms with Crippen LogP contribution in [0.3, 0.4) is 0 Å². The van der Waals surface area contributed by atoms with E-state index in [1.807, 2.05) is 48.7 Å². The van der Waals surface area contributed by atoms with Crippen molar-refractivity contribution in [1.82, 2.24) is 15.3 Å². The summed E-state index contributed by atoms with van der Waals surface area (Å²) in [7, 11) is 0. The Kier molecular flexibility index (Phi) is 7.26. The number of nitrogens with zero attached hydrogens (tertiary/aromatic N) is 2. The van der Waals surface area contributed by atoms with Gasteiger partial charge in [-0.1, -0.05) is 68.5 Å². The highest BCUT2D eigenvalue weighted by Crippen LogP contribution is 2.28. The van der Waals surface area contributed by atoms with Crippen LogP contribution >= 0.6 is 0 Å². The van der Waals surface area contributed by atoms with Crippen molar-refractivity contribution in [2.75, 3.05) is 6.61 Å². The third kappa shape index (κ3) is 5.88. The average Bonchev–Trinajstić information content (AvgIpc) is 3.32. The smallest absolute Gasteiger partial charge is 0.251 e. The van der Waals surface area contributed by atoms with Gasteiger partial charge in [-0.3, -0.25) is 4.79 Å². The zero-order valence-electron chi connectivity index (χ0n) is 18.0. The van der Waals surface area contributed by atoms with E-state index in [2.05, 4.69) is 10.3 Å². The van der Waals surface area contributed by atoms with E-state index in [0.717, 1.165) is 41.1 Å². The molecule has 1 aliphatic carbocycles. The van der Waals surface area contributed by atoms with Gasteiger partial charge in [0.15, 0.2) is 0 Å². The Labute approximate surface area is 183 Å². The molecule has 1 heterocycles. The van der Waals surface area contributed by atoms with Gasteiger partial charge in [-0.05, 0) is 36.5 Å². The number of aromatic nitrogens is 2. The molecule has 1 saturated carbocycles. The summed E-state index contributed by atoms with van der Waals surface area (Å²) in [5.74, 6) is 1.53. The fourth-order valence-electron chi connectivity index (χ4n) is 4.50. The first-order valence-electron chi connectivity index (χ1n) is 11.4. The van der Waals surface area contributed by atoms with Gasteiger partial charge >= 0.3 is 0 Å². The van der Waals surface area contributed by atoms with Crippen molar-refractivity contribution in [3.63, 3.8) is 0 Å². The minimum atomic E-state index is -0.331. The lowest BCUT2D eigenvalue weighted by atomic mass is 10.0. The van der Waals surface area contributed by atoms with E-state index in [9.17, 15) is 9.90 Å². The Hall–Kier alpha value is -2.79. The average molecular weight is 418 g/mol. The molecule has 5 heteroatoms. The second-order valence-electron chi connectivity index (χ2n) is 8.65. The number of aryl methyl sites for hydroxylation is 1. The van der Waals surface area contributed by atoms with Crippen molar-refractivity contribution < 1.29 is 9.90 Å². The third-order valence-electron chi connectivity index (χ3n) is 6.26. The number of aliphatic hydroxyl groups excluding tert-OH is 1. The van der Waals surface area contributed by atoms with Gasteiger partial charge in [0.05, 0.1) is 18.2 Å². The van der Waals surface area contributed by atoms with Crippen LogP contribution in [0.1, 0.15) is 60.3 Å². The molecule has 31 heavy (non-hydrogen) atoms. The zero-order chi connectivity index (χ0) is 21.5. The van der Waals surface area contributed by atoms with E-state index >= 15 is 0 Å². The maximum atomic E-state index is 12.8. The quantitative estimate of drug-likeness (QED) is 0.538. The summed E-state index contributed by atoms with van der Waals surface area (Å²) < 4.78 is 0. The summed E-state index contributed by atoms with van der Waals surface area (Å²) in [6.07, 6.45) is 11.2. The Bertz CT molecular complexity index is 1000. The van der Waals surface area contributed by atoms with Gasteiger partial charge in [0.2, 0.25) is 0 Å². The van der Waals surface area contributed by atoms with Gasteiger partial charge in [0.1, 0.15) is 5.82 Å². The molecule has 1 atom stereocenters. The predicted octanol–water partition coefficient (Wildman–Crippen LogP) is 4.48. The standard InChI is InChI=1S/C26H31N3O2/c30-18-23(15-20-9-2-1-3-10-20)28-26(31)21-13-14-22-17-27-25(29-24(22)16-21)12-6-11-19-7-4-5-8-19/h1-3,9-10,13-14,16-17,19,23,30H,4-8,11-12,15,18H2,(H,28,31)/t23-/m0/s1. The molecule has 162 valence electrons. The minimum absolute atomic E-state index is 0.110. The van der Waals surface area contributed by atoms with Crippen LogP contribution < -0.4 is 5.32 Å². The lowest BCUT2D eigenvalue weighted by Crippen LogP contribution is -2.39. The summed E-state index contributed by atoms with van der Waals surface area (Å²) in [4.78, 5) is 22.0. The van der Waals surface area contributed by atoms with Gasteiger partial charge in [-0.2, -0.15) is 0 Å². The van der Waals surface area contributed by atoms with Crippen LogP contribution in [0.2, 0.25) is 0 Å². The highest BCUT2D eigenvalue weighted by Gasteiger charge is 2.16. The maximum absolute atomic E-state index is 12.8. The van der Waals surface area contributed by atoms with Gasteiger partial charge in [-0.25, -0.2) is 9.97 Å². The van der Waals surface area contributed by atoms with Crippen LogP contribution in [0.15, 0.2) is 54.7 Å². The van der Waals surface area contributed by atoms with Crippen LogP contribution in [0.25, 0.3) is 10.9 Å². The number of hydrogen-bond acceptors (Lipinski definition) is 4. The second-order valence-corrected chi connectivity index (χ2v) is 8.65. The molecule has 3 aromatic rings. The normalized spacial score (nSPS) is 15.3. The minimum Gasteiger partial charge on any atom is -0.394 e. The van der Waals surface area contributed by atoms with Crippen molar-refractivity contribution in [3.05, 3.63) is 71.7 Å². The Morgan fingerprint density at radius 3 is 2.71 bits per heavy atom. The van der Waals surface area contributed by atoms with E-state index in [-0.39, 0.29) is 18.6 Å². The number of aliphatic hydroxyl groups is 1. The van der Waals surface area contributed by atoms with Gasteiger partial charge in [0, 0.05) is 23.6 Å². The fourth-order valence-corrected chi connectivity index (χ4v) is 4.50. The first kappa shape index (κ1) is 21.4. The molecule has 0 unspecified atom stereocenters. The Morgan fingerprint density at radius 1 is 1.13 bits per heavy atom. The van der Waals surface area contributed by atoms with E-state index in [1.54, 1.807) is 6.07 Å². The van der Waals surface area contributed by atoms with E-state index in [4.69, 9.17) is 4.98 Å². The molecule has 0 aliphatic heterocycles. The molecule has 0 saturated heterocycles. The molecule has 5 nitrogen and oxygen atoms in total. The number of rotatable bonds is 9. The van der Waals surface area contributed by atoms with Crippen molar-refractivity contribution in [3.8, 4) is 0 Å². The molecule has 2 N–H and O–H groups in total. The van der Waals surface area contributed by atoms with Crippen molar-refractivity contribution >= 4 is 16.8 Å². The zero-order valence-corrected chi connectivity index (χ0v) is 18.0. The Balaban J connectivity index is 1.39. The first-order valence-corrected chi connectivity index (χ1v) is 11.4.